The Morgan fingerprint density at radius 2 is 2.03 bits per heavy atom. The number of nitro groups is 1. The van der Waals surface area contributed by atoms with E-state index in [-0.39, 0.29) is 17.9 Å². The standard InChI is InChI=1S/C22H18N4O4/c1-15-8-9-16(11-20(15)26(28)29)22(27)24-17-5-4-6-19(12-17)30-14-18-13-25-10-3-2-7-21(25)23-18/h2-13H,14H2,1H3,(H,24,27). The van der Waals surface area contributed by atoms with Crippen LogP contribution in [0.4, 0.5) is 11.4 Å². The van der Waals surface area contributed by atoms with Crippen molar-refractivity contribution >= 4 is 22.9 Å². The van der Waals surface area contributed by atoms with Crippen LogP contribution < -0.4 is 10.1 Å². The van der Waals surface area contributed by atoms with E-state index in [1.165, 1.54) is 6.07 Å². The summed E-state index contributed by atoms with van der Waals surface area (Å²) in [6.45, 7) is 1.91. The largest absolute Gasteiger partial charge is 0.487 e. The minimum atomic E-state index is -0.500. The molecule has 0 bridgehead atoms. The summed E-state index contributed by atoms with van der Waals surface area (Å²) in [6, 6.07) is 17.1. The van der Waals surface area contributed by atoms with Crippen LogP contribution in [0, 0.1) is 17.0 Å². The third kappa shape index (κ3) is 4.12. The summed E-state index contributed by atoms with van der Waals surface area (Å²) in [5, 5.41) is 13.8. The number of hydrogen-bond acceptors (Lipinski definition) is 5. The number of pyridine rings is 1. The Morgan fingerprint density at radius 1 is 1.17 bits per heavy atom. The molecule has 4 aromatic rings. The highest BCUT2D eigenvalue weighted by Gasteiger charge is 2.15. The highest BCUT2D eigenvalue weighted by Crippen LogP contribution is 2.22. The average molecular weight is 402 g/mol. The molecular weight excluding hydrogens is 384 g/mol. The molecule has 2 aromatic carbocycles. The molecule has 0 spiro atoms. The van der Waals surface area contributed by atoms with Crippen LogP contribution in [0.1, 0.15) is 21.6 Å². The summed E-state index contributed by atoms with van der Waals surface area (Å²) < 4.78 is 7.71. The molecule has 0 unspecified atom stereocenters. The normalized spacial score (nSPS) is 10.7. The van der Waals surface area contributed by atoms with Gasteiger partial charge in [0.05, 0.1) is 10.6 Å². The third-order valence-corrected chi connectivity index (χ3v) is 4.56. The molecule has 150 valence electrons. The number of rotatable bonds is 6. The van der Waals surface area contributed by atoms with Gasteiger partial charge in [0.1, 0.15) is 18.0 Å². The summed E-state index contributed by atoms with van der Waals surface area (Å²) in [4.78, 5) is 27.6. The lowest BCUT2D eigenvalue weighted by atomic mass is 10.1. The van der Waals surface area contributed by atoms with Crippen molar-refractivity contribution in [3.05, 3.63) is 100.0 Å². The Balaban J connectivity index is 1.44. The van der Waals surface area contributed by atoms with E-state index in [0.717, 1.165) is 11.3 Å². The van der Waals surface area contributed by atoms with Gasteiger partial charge in [0.2, 0.25) is 0 Å². The highest BCUT2D eigenvalue weighted by molar-refractivity contribution is 6.04. The smallest absolute Gasteiger partial charge is 0.273 e. The van der Waals surface area contributed by atoms with Gasteiger partial charge >= 0.3 is 0 Å². The number of amides is 1. The molecule has 2 heterocycles. The Morgan fingerprint density at radius 3 is 2.83 bits per heavy atom. The zero-order valence-corrected chi connectivity index (χ0v) is 16.1. The van der Waals surface area contributed by atoms with Gasteiger partial charge in [0.25, 0.3) is 11.6 Å². The lowest BCUT2D eigenvalue weighted by molar-refractivity contribution is -0.385. The quantitative estimate of drug-likeness (QED) is 0.381. The van der Waals surface area contributed by atoms with E-state index in [0.29, 0.717) is 17.0 Å². The van der Waals surface area contributed by atoms with Crippen LogP contribution in [0.25, 0.3) is 5.65 Å². The molecule has 0 aliphatic rings. The fraction of sp³-hybridized carbons (Fsp3) is 0.0909. The van der Waals surface area contributed by atoms with E-state index in [9.17, 15) is 14.9 Å². The predicted molar refractivity (Wildman–Crippen MR) is 112 cm³/mol. The lowest BCUT2D eigenvalue weighted by Gasteiger charge is -2.09. The van der Waals surface area contributed by atoms with Gasteiger partial charge in [-0.15, -0.1) is 0 Å². The van der Waals surface area contributed by atoms with Gasteiger partial charge in [-0.1, -0.05) is 18.2 Å². The number of ether oxygens (including phenoxy) is 1. The van der Waals surface area contributed by atoms with Crippen LogP contribution in [0.3, 0.4) is 0 Å². The van der Waals surface area contributed by atoms with Gasteiger partial charge in [0, 0.05) is 41.3 Å². The number of anilines is 1. The predicted octanol–water partition coefficient (Wildman–Crippen LogP) is 4.38. The van der Waals surface area contributed by atoms with Crippen LogP contribution in [0.5, 0.6) is 5.75 Å². The van der Waals surface area contributed by atoms with E-state index in [1.54, 1.807) is 43.3 Å². The molecule has 30 heavy (non-hydrogen) atoms. The van der Waals surface area contributed by atoms with E-state index >= 15 is 0 Å². The minimum Gasteiger partial charge on any atom is -0.487 e. The Kier molecular flexibility index (Phi) is 5.13. The highest BCUT2D eigenvalue weighted by atomic mass is 16.6. The number of aromatic nitrogens is 2. The van der Waals surface area contributed by atoms with E-state index in [4.69, 9.17) is 4.74 Å². The summed E-state index contributed by atoms with van der Waals surface area (Å²) in [6.07, 6.45) is 3.81. The molecule has 0 aliphatic carbocycles. The molecule has 4 rings (SSSR count). The monoisotopic (exact) mass is 402 g/mol. The van der Waals surface area contributed by atoms with E-state index < -0.39 is 10.8 Å². The van der Waals surface area contributed by atoms with Crippen molar-refractivity contribution < 1.29 is 14.5 Å². The van der Waals surface area contributed by atoms with Crippen LogP contribution in [0.15, 0.2) is 73.1 Å². The summed E-state index contributed by atoms with van der Waals surface area (Å²) >= 11 is 0. The second kappa shape index (κ2) is 8.04. The molecule has 0 atom stereocenters. The maximum absolute atomic E-state index is 12.5. The number of nitrogens with zero attached hydrogens (tertiary/aromatic N) is 3. The maximum atomic E-state index is 12.5. The fourth-order valence-electron chi connectivity index (χ4n) is 3.03. The van der Waals surface area contributed by atoms with Crippen molar-refractivity contribution in [2.75, 3.05) is 5.32 Å². The van der Waals surface area contributed by atoms with Crippen molar-refractivity contribution in [1.29, 1.82) is 0 Å². The van der Waals surface area contributed by atoms with Crippen LogP contribution in [0.2, 0.25) is 0 Å². The Labute approximate surface area is 171 Å². The number of benzene rings is 2. The molecule has 0 saturated heterocycles. The number of imidazole rings is 1. The zero-order valence-electron chi connectivity index (χ0n) is 16.1. The van der Waals surface area contributed by atoms with E-state index in [2.05, 4.69) is 10.3 Å². The average Bonchev–Trinajstić information content (AvgIpc) is 3.15. The SMILES string of the molecule is Cc1ccc(C(=O)Nc2cccc(OCc3cn4ccccc4n3)c2)cc1[N+](=O)[O-]. The summed E-state index contributed by atoms with van der Waals surface area (Å²) in [7, 11) is 0. The number of aryl methyl sites for hydroxylation is 1. The van der Waals surface area contributed by atoms with Crippen molar-refractivity contribution in [2.24, 2.45) is 0 Å². The number of nitro benzene ring substituents is 1. The first kappa shape index (κ1) is 19.1. The molecule has 2 aromatic heterocycles. The first-order valence-electron chi connectivity index (χ1n) is 9.21. The number of nitrogens with one attached hydrogen (secondary N) is 1. The second-order valence-electron chi connectivity index (χ2n) is 6.73. The lowest BCUT2D eigenvalue weighted by Crippen LogP contribution is -2.12. The van der Waals surface area contributed by atoms with Gasteiger partial charge < -0.3 is 14.5 Å². The van der Waals surface area contributed by atoms with Gasteiger partial charge in [-0.2, -0.15) is 0 Å². The summed E-state index contributed by atoms with van der Waals surface area (Å²) in [5.41, 5.74) is 2.76. The van der Waals surface area contributed by atoms with Crippen LogP contribution >= 0.6 is 0 Å². The van der Waals surface area contributed by atoms with Gasteiger partial charge in [0.15, 0.2) is 0 Å². The fourth-order valence-corrected chi connectivity index (χ4v) is 3.03. The first-order chi connectivity index (χ1) is 14.5. The third-order valence-electron chi connectivity index (χ3n) is 4.56. The molecular formula is C22H18N4O4. The topological polar surface area (TPSA) is 98.8 Å². The Hall–Kier alpha value is -4.20. The zero-order chi connectivity index (χ0) is 21.1. The molecule has 8 nitrogen and oxygen atoms in total. The summed E-state index contributed by atoms with van der Waals surface area (Å²) in [5.74, 6) is 0.135. The minimum absolute atomic E-state index is 0.0906. The van der Waals surface area contributed by atoms with E-state index in [1.807, 2.05) is 35.0 Å². The molecule has 0 radical (unpaired) electrons. The molecule has 0 saturated carbocycles. The molecule has 0 fully saturated rings. The Bertz CT molecular complexity index is 1220. The second-order valence-corrected chi connectivity index (χ2v) is 6.73. The van der Waals surface area contributed by atoms with Crippen LogP contribution in [-0.2, 0) is 6.61 Å². The maximum Gasteiger partial charge on any atom is 0.273 e. The first-order valence-corrected chi connectivity index (χ1v) is 9.21. The van der Waals surface area contributed by atoms with Gasteiger partial charge in [-0.05, 0) is 37.3 Å². The molecule has 1 N–H and O–H groups in total. The number of fused-ring (bicyclic) bond motifs is 1. The molecule has 0 aliphatic heterocycles. The molecule has 1 amide bonds. The van der Waals surface area contributed by atoms with Crippen molar-refractivity contribution in [3.8, 4) is 5.75 Å². The number of carbonyl (C=O) groups is 1. The number of carbonyl (C=O) groups excluding carboxylic acids is 1. The van der Waals surface area contributed by atoms with Crippen LogP contribution in [-0.4, -0.2) is 20.2 Å². The number of hydrogen-bond donors (Lipinski definition) is 1. The molecule has 8 heteroatoms. The van der Waals surface area contributed by atoms with Gasteiger partial charge in [-0.3, -0.25) is 14.9 Å². The van der Waals surface area contributed by atoms with Crippen molar-refractivity contribution in [1.82, 2.24) is 9.38 Å². The van der Waals surface area contributed by atoms with Gasteiger partial charge in [-0.25, -0.2) is 4.98 Å². The van der Waals surface area contributed by atoms with Crippen molar-refractivity contribution in [2.45, 2.75) is 13.5 Å². The van der Waals surface area contributed by atoms with Crippen molar-refractivity contribution in [3.63, 3.8) is 0 Å².